The van der Waals surface area contributed by atoms with Crippen molar-refractivity contribution in [3.05, 3.63) is 21.9 Å². The first-order valence-electron chi connectivity index (χ1n) is 8.12. The summed E-state index contributed by atoms with van der Waals surface area (Å²) < 4.78 is 1.86. The summed E-state index contributed by atoms with van der Waals surface area (Å²) in [5, 5.41) is 7.87. The molecule has 1 aliphatic rings. The Morgan fingerprint density at radius 3 is 2.57 bits per heavy atom. The number of hydrogen-bond acceptors (Lipinski definition) is 2. The summed E-state index contributed by atoms with van der Waals surface area (Å²) in [6.45, 7) is 4.33. The minimum absolute atomic E-state index is 0.536. The molecule has 0 bridgehead atoms. The van der Waals surface area contributed by atoms with Crippen LogP contribution in [0.3, 0.4) is 0 Å². The third-order valence-electron chi connectivity index (χ3n) is 4.27. The maximum absolute atomic E-state index is 6.10. The molecule has 0 spiro atoms. The number of halogens is 2. The zero-order valence-electron chi connectivity index (χ0n) is 14.4. The number of rotatable bonds is 7. The van der Waals surface area contributed by atoms with Gasteiger partial charge in [-0.05, 0) is 45.8 Å². The van der Waals surface area contributed by atoms with E-state index in [4.69, 9.17) is 23.2 Å². The smallest absolute Gasteiger partial charge is 0.191 e. The van der Waals surface area contributed by atoms with Crippen LogP contribution < -0.4 is 10.6 Å². The van der Waals surface area contributed by atoms with Gasteiger partial charge in [-0.1, -0.05) is 23.2 Å². The lowest BCUT2D eigenvalue weighted by Gasteiger charge is -2.25. The predicted molar refractivity (Wildman–Crippen MR) is 98.5 cm³/mol. The van der Waals surface area contributed by atoms with E-state index in [1.165, 1.54) is 12.8 Å². The molecule has 23 heavy (non-hydrogen) atoms. The molecular formula is C16H27Cl2N5. The van der Waals surface area contributed by atoms with Gasteiger partial charge in [0.25, 0.3) is 0 Å². The van der Waals surface area contributed by atoms with E-state index in [1.807, 2.05) is 17.7 Å². The van der Waals surface area contributed by atoms with Crippen molar-refractivity contribution in [1.82, 2.24) is 20.1 Å². The van der Waals surface area contributed by atoms with Gasteiger partial charge in [-0.25, -0.2) is 4.99 Å². The molecule has 1 aromatic heterocycles. The Kier molecular flexibility index (Phi) is 6.62. The molecule has 1 aromatic rings. The molecule has 0 saturated heterocycles. The fourth-order valence-electron chi connectivity index (χ4n) is 2.70. The van der Waals surface area contributed by atoms with Gasteiger partial charge in [0, 0.05) is 31.9 Å². The Bertz CT molecular complexity index is 547. The molecule has 1 unspecified atom stereocenters. The molecule has 1 atom stereocenters. The fraction of sp³-hybridized carbons (Fsp3) is 0.688. The summed E-state index contributed by atoms with van der Waals surface area (Å²) in [7, 11) is 6.18. The van der Waals surface area contributed by atoms with Crippen molar-refractivity contribution in [2.24, 2.45) is 18.0 Å². The second-order valence-electron chi connectivity index (χ2n) is 6.28. The van der Waals surface area contributed by atoms with Crippen molar-refractivity contribution in [3.8, 4) is 0 Å². The molecule has 1 heterocycles. The van der Waals surface area contributed by atoms with Gasteiger partial charge in [-0.2, -0.15) is 0 Å². The molecule has 2 N–H and O–H groups in total. The maximum Gasteiger partial charge on any atom is 0.191 e. The molecule has 1 aliphatic carbocycles. The first kappa shape index (κ1) is 18.4. The van der Waals surface area contributed by atoms with Crippen molar-refractivity contribution in [3.63, 3.8) is 0 Å². The van der Waals surface area contributed by atoms with Gasteiger partial charge in [0.2, 0.25) is 0 Å². The van der Waals surface area contributed by atoms with Crippen LogP contribution in [0.5, 0.6) is 0 Å². The van der Waals surface area contributed by atoms with E-state index in [2.05, 4.69) is 41.5 Å². The molecule has 1 saturated carbocycles. The lowest BCUT2D eigenvalue weighted by molar-refractivity contribution is 0.264. The zero-order chi connectivity index (χ0) is 17.0. The lowest BCUT2D eigenvalue weighted by Crippen LogP contribution is -2.46. The SMILES string of the molecule is CCNC(=NCc1cc(Cl)c(Cl)n1C)NCC(C1CC1)N(C)C. The number of aliphatic imine (C=N–C) groups is 1. The molecule has 1 fully saturated rings. The van der Waals surface area contributed by atoms with Gasteiger partial charge >= 0.3 is 0 Å². The lowest BCUT2D eigenvalue weighted by atomic mass is 10.1. The highest BCUT2D eigenvalue weighted by molar-refractivity contribution is 6.41. The molecule has 0 aromatic carbocycles. The second-order valence-corrected chi connectivity index (χ2v) is 7.04. The van der Waals surface area contributed by atoms with Gasteiger partial charge in [0.1, 0.15) is 5.15 Å². The van der Waals surface area contributed by atoms with Crippen molar-refractivity contribution in [2.45, 2.75) is 32.4 Å². The standard InChI is InChI=1S/C16H27Cl2N5/c1-5-19-16(21-10-14(22(2)3)11-6-7-11)20-9-12-8-13(17)15(18)23(12)4/h8,11,14H,5-7,9-10H2,1-4H3,(H2,19,20,21). The minimum atomic E-state index is 0.536. The average Bonchev–Trinajstić information content (AvgIpc) is 3.30. The molecule has 2 rings (SSSR count). The molecule has 5 nitrogen and oxygen atoms in total. The average molecular weight is 360 g/mol. The third-order valence-corrected chi connectivity index (χ3v) is 5.11. The van der Waals surface area contributed by atoms with Crippen LogP contribution in [-0.4, -0.2) is 48.7 Å². The van der Waals surface area contributed by atoms with Gasteiger partial charge in [0.15, 0.2) is 5.96 Å². The van der Waals surface area contributed by atoms with E-state index in [-0.39, 0.29) is 0 Å². The summed E-state index contributed by atoms with van der Waals surface area (Å²) in [6, 6.07) is 2.42. The Labute approximate surface area is 149 Å². The minimum Gasteiger partial charge on any atom is -0.357 e. The van der Waals surface area contributed by atoms with Gasteiger partial charge in [0.05, 0.1) is 11.6 Å². The van der Waals surface area contributed by atoms with Crippen LogP contribution in [0.4, 0.5) is 0 Å². The molecule has 130 valence electrons. The van der Waals surface area contributed by atoms with E-state index in [0.29, 0.717) is 22.8 Å². The number of likely N-dealkylation sites (N-methyl/N-ethyl adjacent to an activating group) is 1. The highest BCUT2D eigenvalue weighted by Gasteiger charge is 2.32. The molecular weight excluding hydrogens is 333 g/mol. The summed E-state index contributed by atoms with van der Waals surface area (Å²) in [5.74, 6) is 1.64. The number of aromatic nitrogens is 1. The first-order chi connectivity index (χ1) is 10.9. The second kappa shape index (κ2) is 8.27. The van der Waals surface area contributed by atoms with Crippen molar-refractivity contribution in [1.29, 1.82) is 0 Å². The van der Waals surface area contributed by atoms with E-state index in [0.717, 1.165) is 30.7 Å². The van der Waals surface area contributed by atoms with Gasteiger partial charge < -0.3 is 20.1 Å². The normalized spacial score (nSPS) is 16.7. The van der Waals surface area contributed by atoms with Crippen LogP contribution in [0.25, 0.3) is 0 Å². The van der Waals surface area contributed by atoms with Gasteiger partial charge in [-0.3, -0.25) is 0 Å². The Balaban J connectivity index is 1.97. The van der Waals surface area contributed by atoms with E-state index >= 15 is 0 Å². The first-order valence-corrected chi connectivity index (χ1v) is 8.87. The van der Waals surface area contributed by atoms with Crippen LogP contribution in [0, 0.1) is 5.92 Å². The van der Waals surface area contributed by atoms with Crippen LogP contribution in [0.1, 0.15) is 25.5 Å². The Hall–Kier alpha value is -0.910. The molecule has 0 amide bonds. The van der Waals surface area contributed by atoms with E-state index in [9.17, 15) is 0 Å². The van der Waals surface area contributed by atoms with Crippen LogP contribution in [0.2, 0.25) is 10.2 Å². The van der Waals surface area contributed by atoms with Crippen LogP contribution >= 0.6 is 23.2 Å². The molecule has 0 aliphatic heterocycles. The topological polar surface area (TPSA) is 44.6 Å². The van der Waals surface area contributed by atoms with Crippen molar-refractivity contribution in [2.75, 3.05) is 27.2 Å². The number of nitrogens with one attached hydrogen (secondary N) is 2. The van der Waals surface area contributed by atoms with Crippen LogP contribution in [-0.2, 0) is 13.6 Å². The highest BCUT2D eigenvalue weighted by Crippen LogP contribution is 2.34. The summed E-state index contributed by atoms with van der Waals surface area (Å²) >= 11 is 12.2. The van der Waals surface area contributed by atoms with Crippen molar-refractivity contribution >= 4 is 29.2 Å². The Morgan fingerprint density at radius 2 is 2.09 bits per heavy atom. The largest absolute Gasteiger partial charge is 0.357 e. The Morgan fingerprint density at radius 1 is 1.39 bits per heavy atom. The maximum atomic E-state index is 6.10. The third kappa shape index (κ3) is 5.03. The van der Waals surface area contributed by atoms with E-state index in [1.54, 1.807) is 0 Å². The number of nitrogens with zero attached hydrogens (tertiary/aromatic N) is 3. The summed E-state index contributed by atoms with van der Waals surface area (Å²) in [5.41, 5.74) is 0.989. The monoisotopic (exact) mass is 359 g/mol. The number of hydrogen-bond donors (Lipinski definition) is 2. The molecule has 7 heteroatoms. The van der Waals surface area contributed by atoms with Crippen LogP contribution in [0.15, 0.2) is 11.1 Å². The summed E-state index contributed by atoms with van der Waals surface area (Å²) in [6.07, 6.45) is 2.66. The quantitative estimate of drug-likeness (QED) is 0.581. The summed E-state index contributed by atoms with van der Waals surface area (Å²) in [4.78, 5) is 6.94. The van der Waals surface area contributed by atoms with Crippen molar-refractivity contribution < 1.29 is 0 Å². The fourth-order valence-corrected chi connectivity index (χ4v) is 3.11. The predicted octanol–water partition coefficient (Wildman–Crippen LogP) is 2.73. The number of guanidine groups is 1. The highest BCUT2D eigenvalue weighted by atomic mass is 35.5. The van der Waals surface area contributed by atoms with Gasteiger partial charge in [-0.15, -0.1) is 0 Å². The van der Waals surface area contributed by atoms with E-state index < -0.39 is 0 Å². The zero-order valence-corrected chi connectivity index (χ0v) is 15.9. The molecule has 0 radical (unpaired) electrons.